The number of amides is 1. The van der Waals surface area contributed by atoms with Crippen LogP contribution in [0.5, 0.6) is 0 Å². The number of rotatable bonds is 16. The van der Waals surface area contributed by atoms with Crippen molar-refractivity contribution in [3.05, 3.63) is 35.4 Å². The van der Waals surface area contributed by atoms with Crippen LogP contribution in [0.4, 0.5) is 0 Å². The molecule has 2 atom stereocenters. The number of hydrogen-bond donors (Lipinski definition) is 2. The minimum atomic E-state index is -3.76. The Morgan fingerprint density at radius 1 is 1.05 bits per heavy atom. The molecule has 37 heavy (non-hydrogen) atoms. The smallest absolute Gasteiger partial charge is 0.321 e. The van der Waals surface area contributed by atoms with E-state index in [0.29, 0.717) is 13.0 Å². The van der Waals surface area contributed by atoms with E-state index in [1.54, 1.807) is 48.6 Å². The third-order valence-corrected chi connectivity index (χ3v) is 7.65. The molecule has 0 spiro atoms. The largest absolute Gasteiger partial charge is 0.466 e. The van der Waals surface area contributed by atoms with Gasteiger partial charge in [0.15, 0.2) is 9.84 Å². The number of hydrogen-bond acceptors (Lipinski definition) is 9. The molecule has 1 aromatic carbocycles. The van der Waals surface area contributed by atoms with Gasteiger partial charge < -0.3 is 14.2 Å². The lowest BCUT2D eigenvalue weighted by Gasteiger charge is -2.32. The van der Waals surface area contributed by atoms with E-state index in [-0.39, 0.29) is 43.2 Å². The number of sulfone groups is 1. The van der Waals surface area contributed by atoms with Gasteiger partial charge in [-0.25, -0.2) is 13.8 Å². The number of hydrazine groups is 1. The van der Waals surface area contributed by atoms with E-state index in [2.05, 4.69) is 10.9 Å². The molecule has 10 nitrogen and oxygen atoms in total. The average molecular weight is 543 g/mol. The molecule has 11 heteroatoms. The van der Waals surface area contributed by atoms with Crippen LogP contribution in [-0.4, -0.2) is 70.2 Å². The van der Waals surface area contributed by atoms with Crippen molar-refractivity contribution in [2.24, 2.45) is 5.92 Å². The van der Waals surface area contributed by atoms with Crippen LogP contribution in [0.3, 0.4) is 0 Å². The third-order valence-electron chi connectivity index (χ3n) is 5.84. The third kappa shape index (κ3) is 10.8. The number of ether oxygens (including phenoxy) is 3. The first-order chi connectivity index (χ1) is 17.2. The van der Waals surface area contributed by atoms with Crippen LogP contribution < -0.4 is 10.9 Å². The average Bonchev–Trinajstić information content (AvgIpc) is 2.78. The molecular weight excluding hydrogens is 500 g/mol. The van der Waals surface area contributed by atoms with E-state index >= 15 is 0 Å². The van der Waals surface area contributed by atoms with E-state index in [0.717, 1.165) is 11.1 Å². The van der Waals surface area contributed by atoms with Gasteiger partial charge >= 0.3 is 11.9 Å². The molecule has 0 bridgehead atoms. The molecule has 0 aliphatic carbocycles. The summed E-state index contributed by atoms with van der Waals surface area (Å²) in [5.41, 5.74) is 4.79. The molecule has 210 valence electrons. The van der Waals surface area contributed by atoms with Crippen LogP contribution in [-0.2, 0) is 50.3 Å². The zero-order valence-electron chi connectivity index (χ0n) is 23.0. The molecule has 0 aliphatic rings. The van der Waals surface area contributed by atoms with Crippen molar-refractivity contribution in [2.75, 3.05) is 38.4 Å². The normalized spacial score (nSPS) is 14.4. The number of esters is 2. The molecule has 2 N–H and O–H groups in total. The summed E-state index contributed by atoms with van der Waals surface area (Å²) in [5, 5.41) is 0. The predicted molar refractivity (Wildman–Crippen MR) is 140 cm³/mol. The Hall–Kier alpha value is -2.50. The van der Waals surface area contributed by atoms with E-state index in [1.807, 2.05) is 24.3 Å². The van der Waals surface area contributed by atoms with Gasteiger partial charge in [0.25, 0.3) is 0 Å². The summed E-state index contributed by atoms with van der Waals surface area (Å²) in [6.07, 6.45) is 0.705. The van der Waals surface area contributed by atoms with Gasteiger partial charge in [-0.05, 0) is 58.6 Å². The molecule has 0 heterocycles. The monoisotopic (exact) mass is 542 g/mol. The fourth-order valence-corrected chi connectivity index (χ4v) is 5.63. The summed E-state index contributed by atoms with van der Waals surface area (Å²) in [5.74, 6) is -2.80. The van der Waals surface area contributed by atoms with Crippen LogP contribution >= 0.6 is 0 Å². The SMILES string of the molecule is CCOC(=O)CS(=O)(=O)CC(C)(C)OCCC(C)(C(=O)NNC)c1cccc(CC(C)C(=O)OCC)c1. The zero-order chi connectivity index (χ0) is 28.3. The highest BCUT2D eigenvalue weighted by molar-refractivity contribution is 7.92. The lowest BCUT2D eigenvalue weighted by Crippen LogP contribution is -2.48. The molecule has 0 radical (unpaired) electrons. The quantitative estimate of drug-likeness (QED) is 0.238. The van der Waals surface area contributed by atoms with Gasteiger partial charge in [0.1, 0.15) is 5.75 Å². The van der Waals surface area contributed by atoms with Gasteiger partial charge in [-0.15, -0.1) is 0 Å². The van der Waals surface area contributed by atoms with Crippen molar-refractivity contribution < 1.29 is 37.0 Å². The number of carbonyl (C=O) groups is 3. The maximum Gasteiger partial charge on any atom is 0.321 e. The Labute approximate surface area is 220 Å². The Kier molecular flexibility index (Phi) is 12.7. The van der Waals surface area contributed by atoms with Crippen LogP contribution in [0.2, 0.25) is 0 Å². The van der Waals surface area contributed by atoms with Crippen molar-refractivity contribution >= 4 is 27.7 Å². The van der Waals surface area contributed by atoms with Crippen molar-refractivity contribution in [3.8, 4) is 0 Å². The minimum absolute atomic E-state index is 0.0824. The van der Waals surface area contributed by atoms with Gasteiger partial charge in [0, 0.05) is 13.7 Å². The summed E-state index contributed by atoms with van der Waals surface area (Å²) >= 11 is 0. The Morgan fingerprint density at radius 2 is 1.70 bits per heavy atom. The van der Waals surface area contributed by atoms with Crippen LogP contribution in [0.15, 0.2) is 24.3 Å². The number of benzene rings is 1. The first-order valence-electron chi connectivity index (χ1n) is 12.4. The molecular formula is C26H42N2O8S. The fourth-order valence-electron chi connectivity index (χ4n) is 3.94. The number of carbonyl (C=O) groups excluding carboxylic acids is 3. The van der Waals surface area contributed by atoms with Crippen molar-refractivity contribution in [2.45, 2.75) is 65.4 Å². The Morgan fingerprint density at radius 3 is 2.30 bits per heavy atom. The first-order valence-corrected chi connectivity index (χ1v) is 14.2. The van der Waals surface area contributed by atoms with Crippen molar-refractivity contribution in [1.82, 2.24) is 10.9 Å². The van der Waals surface area contributed by atoms with Gasteiger partial charge in [-0.1, -0.05) is 31.2 Å². The lowest BCUT2D eigenvalue weighted by atomic mass is 9.78. The Balaban J connectivity index is 3.03. The predicted octanol–water partition coefficient (Wildman–Crippen LogP) is 2.10. The van der Waals surface area contributed by atoms with Gasteiger partial charge in [-0.2, -0.15) is 0 Å². The van der Waals surface area contributed by atoms with Gasteiger partial charge in [0.05, 0.1) is 35.9 Å². The summed E-state index contributed by atoms with van der Waals surface area (Å²) in [6, 6.07) is 7.45. The Bertz CT molecular complexity index is 1030. The van der Waals surface area contributed by atoms with Gasteiger partial charge in [-0.3, -0.25) is 19.8 Å². The fraction of sp³-hybridized carbons (Fsp3) is 0.654. The highest BCUT2D eigenvalue weighted by Gasteiger charge is 2.37. The summed E-state index contributed by atoms with van der Waals surface area (Å²) < 4.78 is 40.6. The molecule has 0 saturated heterocycles. The molecule has 2 unspecified atom stereocenters. The molecule has 0 fully saturated rings. The number of nitrogens with one attached hydrogen (secondary N) is 2. The van der Waals surface area contributed by atoms with E-state index in [1.165, 1.54) is 0 Å². The van der Waals surface area contributed by atoms with E-state index < -0.39 is 32.6 Å². The van der Waals surface area contributed by atoms with Gasteiger partial charge in [0.2, 0.25) is 5.91 Å². The molecule has 1 amide bonds. The van der Waals surface area contributed by atoms with E-state index in [4.69, 9.17) is 14.2 Å². The molecule has 1 rings (SSSR count). The summed E-state index contributed by atoms with van der Waals surface area (Å²) in [7, 11) is -2.17. The molecule has 0 aliphatic heterocycles. The van der Waals surface area contributed by atoms with E-state index in [9.17, 15) is 22.8 Å². The lowest BCUT2D eigenvalue weighted by molar-refractivity contribution is -0.147. The van der Waals surface area contributed by atoms with Crippen LogP contribution in [0.25, 0.3) is 0 Å². The second kappa shape index (κ2) is 14.4. The second-order valence-corrected chi connectivity index (χ2v) is 11.9. The van der Waals surface area contributed by atoms with Crippen LogP contribution in [0, 0.1) is 5.92 Å². The summed E-state index contributed by atoms with van der Waals surface area (Å²) in [6.45, 7) is 10.7. The summed E-state index contributed by atoms with van der Waals surface area (Å²) in [4.78, 5) is 36.8. The standard InChI is InChI=1S/C26H42N2O8S/c1-8-34-22(29)17-37(32,33)18-25(4,5)36-14-13-26(6,24(31)28-27-7)21-12-10-11-20(16-21)15-19(3)23(30)35-9-2/h10-12,16,19,27H,8-9,13-15,17-18H2,1-7H3,(H,28,31). The van der Waals surface area contributed by atoms with Crippen molar-refractivity contribution in [1.29, 1.82) is 0 Å². The maximum atomic E-state index is 13.1. The highest BCUT2D eigenvalue weighted by Crippen LogP contribution is 2.30. The molecule has 1 aromatic rings. The molecule has 0 saturated carbocycles. The topological polar surface area (TPSA) is 137 Å². The highest BCUT2D eigenvalue weighted by atomic mass is 32.2. The second-order valence-electron chi connectivity index (χ2n) is 9.79. The van der Waals surface area contributed by atoms with Crippen LogP contribution in [0.1, 0.15) is 59.1 Å². The minimum Gasteiger partial charge on any atom is -0.466 e. The zero-order valence-corrected chi connectivity index (χ0v) is 23.8. The maximum absolute atomic E-state index is 13.1. The first kappa shape index (κ1) is 32.5. The van der Waals surface area contributed by atoms with Crippen molar-refractivity contribution in [3.63, 3.8) is 0 Å². The molecule has 0 aromatic heterocycles.